The summed E-state index contributed by atoms with van der Waals surface area (Å²) < 4.78 is 76.5. The van der Waals surface area contributed by atoms with E-state index in [2.05, 4.69) is 10.8 Å². The number of halogens is 6. The van der Waals surface area contributed by atoms with Crippen LogP contribution in [0.5, 0.6) is 5.75 Å². The van der Waals surface area contributed by atoms with Gasteiger partial charge in [0, 0.05) is 0 Å². The molecule has 0 bridgehead atoms. The Labute approximate surface area is 86.6 Å². The molecule has 0 saturated heterocycles. The van der Waals surface area contributed by atoms with Gasteiger partial charge >= 0.3 is 12.3 Å². The van der Waals surface area contributed by atoms with Crippen molar-refractivity contribution in [2.45, 2.75) is 18.5 Å². The molecule has 1 rings (SSSR count). The van der Waals surface area contributed by atoms with Crippen molar-refractivity contribution in [3.05, 3.63) is 30.3 Å². The van der Waals surface area contributed by atoms with Crippen LogP contribution in [-0.4, -0.2) is 18.5 Å². The summed E-state index contributed by atoms with van der Waals surface area (Å²) in [6, 6.07) is 6.61. The minimum absolute atomic E-state index is 0.573. The van der Waals surface area contributed by atoms with E-state index in [1.165, 1.54) is 0 Å². The lowest BCUT2D eigenvalue weighted by atomic mass is 10.3. The Morgan fingerprint density at radius 2 is 1.56 bits per heavy atom. The Hall–Kier alpha value is -1.40. The monoisotopic (exact) mass is 243 g/mol. The zero-order chi connectivity index (χ0) is 12.4. The predicted molar refractivity (Wildman–Crippen MR) is 41.8 cm³/mol. The van der Waals surface area contributed by atoms with Gasteiger partial charge in [-0.15, -0.1) is 0 Å². The van der Waals surface area contributed by atoms with Crippen LogP contribution in [-0.2, 0) is 0 Å². The van der Waals surface area contributed by atoms with Crippen LogP contribution in [0.4, 0.5) is 26.3 Å². The molecule has 0 saturated carbocycles. The van der Waals surface area contributed by atoms with Crippen LogP contribution < -0.4 is 4.74 Å². The maximum Gasteiger partial charge on any atom is 0.439 e. The molecule has 0 aromatic heterocycles. The van der Waals surface area contributed by atoms with Gasteiger partial charge in [0.25, 0.3) is 6.17 Å². The first-order valence-corrected chi connectivity index (χ1v) is 3.97. The lowest BCUT2D eigenvalue weighted by Gasteiger charge is -2.22. The number of rotatable bonds is 3. The highest BCUT2D eigenvalue weighted by molar-refractivity contribution is 5.20. The molecule has 1 aromatic carbocycles. The van der Waals surface area contributed by atoms with E-state index >= 15 is 0 Å². The van der Waals surface area contributed by atoms with E-state index < -0.39 is 24.2 Å². The lowest BCUT2D eigenvalue weighted by molar-refractivity contribution is -0.304. The molecule has 0 aliphatic heterocycles. The van der Waals surface area contributed by atoms with Crippen LogP contribution in [0.3, 0.4) is 0 Å². The van der Waals surface area contributed by atoms with Crippen molar-refractivity contribution in [3.63, 3.8) is 0 Å². The Morgan fingerprint density at radius 1 is 1.06 bits per heavy atom. The third-order valence-electron chi connectivity index (χ3n) is 1.52. The van der Waals surface area contributed by atoms with Crippen LogP contribution in [0.15, 0.2) is 24.3 Å². The lowest BCUT2D eigenvalue weighted by Crippen LogP contribution is -2.45. The number of ether oxygens (including phenoxy) is 1. The summed E-state index contributed by atoms with van der Waals surface area (Å²) in [6.45, 7) is 0. The Morgan fingerprint density at radius 3 is 2.00 bits per heavy atom. The molecule has 16 heavy (non-hydrogen) atoms. The third-order valence-corrected chi connectivity index (χ3v) is 1.52. The molecule has 7 heteroatoms. The number of benzene rings is 1. The topological polar surface area (TPSA) is 9.23 Å². The standard InChI is InChI=1S/C9H5F6O/c10-7(8(11,12)13)9(14,15)16-6-4-2-1-3-5-6/h2-5,7H. The van der Waals surface area contributed by atoms with Crippen molar-refractivity contribution < 1.29 is 31.1 Å². The highest BCUT2D eigenvalue weighted by atomic mass is 19.4. The van der Waals surface area contributed by atoms with Crippen molar-refractivity contribution in [1.82, 2.24) is 0 Å². The number of alkyl halides is 6. The fourth-order valence-corrected chi connectivity index (χ4v) is 0.839. The molecule has 1 aromatic rings. The minimum Gasteiger partial charge on any atom is -0.430 e. The van der Waals surface area contributed by atoms with Gasteiger partial charge in [-0.1, -0.05) is 12.1 Å². The molecule has 1 atom stereocenters. The average Bonchev–Trinajstić information content (AvgIpc) is 2.16. The van der Waals surface area contributed by atoms with Crippen LogP contribution in [0.25, 0.3) is 0 Å². The predicted octanol–water partition coefficient (Wildman–Crippen LogP) is 3.36. The molecular weight excluding hydrogens is 238 g/mol. The van der Waals surface area contributed by atoms with Crippen LogP contribution >= 0.6 is 0 Å². The van der Waals surface area contributed by atoms with Crippen molar-refractivity contribution in [1.29, 1.82) is 0 Å². The molecule has 0 heterocycles. The first-order chi connectivity index (χ1) is 7.23. The second-order valence-corrected chi connectivity index (χ2v) is 2.80. The molecule has 0 spiro atoms. The molecule has 1 radical (unpaired) electrons. The van der Waals surface area contributed by atoms with Crippen molar-refractivity contribution in [2.75, 3.05) is 0 Å². The molecule has 1 nitrogen and oxygen atoms in total. The average molecular weight is 243 g/mol. The molecule has 0 aliphatic carbocycles. The van der Waals surface area contributed by atoms with Crippen LogP contribution in [0.2, 0.25) is 0 Å². The molecule has 1 unspecified atom stereocenters. The van der Waals surface area contributed by atoms with E-state index in [0.717, 1.165) is 24.3 Å². The van der Waals surface area contributed by atoms with E-state index in [4.69, 9.17) is 0 Å². The second kappa shape index (κ2) is 4.23. The third kappa shape index (κ3) is 3.04. The van der Waals surface area contributed by atoms with E-state index in [9.17, 15) is 26.3 Å². The first kappa shape index (κ1) is 12.7. The first-order valence-electron chi connectivity index (χ1n) is 3.97. The zero-order valence-electron chi connectivity index (χ0n) is 7.56. The Bertz CT molecular complexity index is 334. The summed E-state index contributed by atoms with van der Waals surface area (Å²) in [7, 11) is 0. The van der Waals surface area contributed by atoms with E-state index in [0.29, 0.717) is 0 Å². The van der Waals surface area contributed by atoms with Crippen molar-refractivity contribution in [2.24, 2.45) is 0 Å². The maximum absolute atomic E-state index is 12.7. The van der Waals surface area contributed by atoms with Gasteiger partial charge in [0.15, 0.2) is 0 Å². The SMILES string of the molecule is FC(C(F)(F)F)C(F)(F)Oc1cc[c]cc1. The molecule has 0 N–H and O–H groups in total. The summed E-state index contributed by atoms with van der Waals surface area (Å²) in [5, 5.41) is 0. The zero-order valence-corrected chi connectivity index (χ0v) is 7.56. The van der Waals surface area contributed by atoms with E-state index in [1.54, 1.807) is 0 Å². The van der Waals surface area contributed by atoms with E-state index in [1.807, 2.05) is 0 Å². The quantitative estimate of drug-likeness (QED) is 0.739. The molecule has 0 aliphatic rings. The highest BCUT2D eigenvalue weighted by Gasteiger charge is 2.59. The number of hydrogen-bond acceptors (Lipinski definition) is 1. The van der Waals surface area contributed by atoms with Gasteiger partial charge in [0.2, 0.25) is 0 Å². The smallest absolute Gasteiger partial charge is 0.430 e. The van der Waals surface area contributed by atoms with Gasteiger partial charge < -0.3 is 4.74 Å². The second-order valence-electron chi connectivity index (χ2n) is 2.80. The van der Waals surface area contributed by atoms with Gasteiger partial charge in [0.05, 0.1) is 0 Å². The van der Waals surface area contributed by atoms with Gasteiger partial charge in [-0.25, -0.2) is 4.39 Å². The summed E-state index contributed by atoms with van der Waals surface area (Å²) >= 11 is 0. The number of hydrogen-bond donors (Lipinski definition) is 0. The van der Waals surface area contributed by atoms with Gasteiger partial charge in [0.1, 0.15) is 5.75 Å². The largest absolute Gasteiger partial charge is 0.439 e. The van der Waals surface area contributed by atoms with Crippen molar-refractivity contribution >= 4 is 0 Å². The molecular formula is C9H5F6O. The van der Waals surface area contributed by atoms with Gasteiger partial charge in [-0.2, -0.15) is 22.0 Å². The van der Waals surface area contributed by atoms with Crippen molar-refractivity contribution in [3.8, 4) is 5.75 Å². The fraction of sp³-hybridized carbons (Fsp3) is 0.333. The van der Waals surface area contributed by atoms with Crippen LogP contribution in [0, 0.1) is 6.07 Å². The highest BCUT2D eigenvalue weighted by Crippen LogP contribution is 2.36. The normalized spacial score (nSPS) is 14.6. The van der Waals surface area contributed by atoms with Gasteiger partial charge in [-0.3, -0.25) is 0 Å². The summed E-state index contributed by atoms with van der Waals surface area (Å²) in [4.78, 5) is 0. The Balaban J connectivity index is 2.80. The van der Waals surface area contributed by atoms with Crippen LogP contribution in [0.1, 0.15) is 0 Å². The summed E-state index contributed by atoms with van der Waals surface area (Å²) in [5.41, 5.74) is 0. The molecule has 89 valence electrons. The fourth-order valence-electron chi connectivity index (χ4n) is 0.839. The maximum atomic E-state index is 12.7. The summed E-state index contributed by atoms with van der Waals surface area (Å²) in [6.07, 6.45) is -15.0. The van der Waals surface area contributed by atoms with Gasteiger partial charge in [-0.05, 0) is 18.2 Å². The molecule has 0 amide bonds. The Kier molecular flexibility index (Phi) is 3.35. The molecule has 0 fully saturated rings. The van der Waals surface area contributed by atoms with E-state index in [-0.39, 0.29) is 0 Å². The summed E-state index contributed by atoms with van der Waals surface area (Å²) in [5.74, 6) is -0.573. The minimum atomic E-state index is -5.68.